The highest BCUT2D eigenvalue weighted by molar-refractivity contribution is 6.13. The number of aliphatic imine (C=N–C) groups is 2. The Labute approximate surface area is 218 Å². The minimum absolute atomic E-state index is 0.262. The van der Waals surface area contributed by atoms with E-state index < -0.39 is 11.9 Å². The number of cyclic esters (lactones) is 2. The van der Waals surface area contributed by atoms with Crippen molar-refractivity contribution in [3.05, 3.63) is 143 Å². The van der Waals surface area contributed by atoms with Crippen LogP contribution in [0.5, 0.6) is 0 Å². The number of ether oxygens (including phenoxy) is 2. The molecule has 0 amide bonds. The van der Waals surface area contributed by atoms with E-state index in [9.17, 15) is 9.59 Å². The molecule has 0 unspecified atom stereocenters. The Balaban J connectivity index is 1.17. The molecular weight excluding hydrogens is 476 g/mol. The second kappa shape index (κ2) is 9.95. The van der Waals surface area contributed by atoms with Crippen LogP contribution >= 0.6 is 0 Å². The molecule has 0 spiro atoms. The van der Waals surface area contributed by atoms with Gasteiger partial charge in [-0.3, -0.25) is 0 Å². The molecule has 6 heteroatoms. The van der Waals surface area contributed by atoms with Gasteiger partial charge in [0.2, 0.25) is 11.8 Å². The third kappa shape index (κ3) is 4.83. The molecule has 2 aliphatic heterocycles. The van der Waals surface area contributed by atoms with Crippen LogP contribution in [-0.2, 0) is 19.1 Å². The summed E-state index contributed by atoms with van der Waals surface area (Å²) in [5.74, 6) is -0.323. The van der Waals surface area contributed by atoms with Gasteiger partial charge in [-0.2, -0.15) is 0 Å². The van der Waals surface area contributed by atoms with Gasteiger partial charge in [0.05, 0.1) is 0 Å². The van der Waals surface area contributed by atoms with Crippen molar-refractivity contribution in [3.63, 3.8) is 0 Å². The molecule has 0 bridgehead atoms. The van der Waals surface area contributed by atoms with Gasteiger partial charge in [-0.25, -0.2) is 19.6 Å². The predicted molar refractivity (Wildman–Crippen MR) is 146 cm³/mol. The van der Waals surface area contributed by atoms with E-state index in [2.05, 4.69) is 9.98 Å². The molecule has 182 valence electrons. The molecular formula is C32H20N2O4. The summed E-state index contributed by atoms with van der Waals surface area (Å²) in [5.41, 5.74) is 5.74. The Morgan fingerprint density at radius 3 is 1.18 bits per heavy atom. The number of nitrogens with zero attached hydrogens (tertiary/aromatic N) is 2. The SMILES string of the molecule is O=C1OC(c2ccccc2)=NC1=Cc1ccc(-c2ccc(C=C3N=C(c4ccccc4)OC3=O)cc2)cc1. The van der Waals surface area contributed by atoms with Gasteiger partial charge < -0.3 is 9.47 Å². The normalized spacial score (nSPS) is 16.8. The molecule has 6 nitrogen and oxygen atoms in total. The summed E-state index contributed by atoms with van der Waals surface area (Å²) in [4.78, 5) is 33.2. The van der Waals surface area contributed by atoms with Crippen molar-refractivity contribution in [2.45, 2.75) is 0 Å². The van der Waals surface area contributed by atoms with Crippen molar-refractivity contribution in [2.24, 2.45) is 9.98 Å². The van der Waals surface area contributed by atoms with E-state index in [-0.39, 0.29) is 11.4 Å². The summed E-state index contributed by atoms with van der Waals surface area (Å²) in [6.45, 7) is 0. The summed E-state index contributed by atoms with van der Waals surface area (Å²) >= 11 is 0. The molecule has 0 atom stereocenters. The zero-order valence-corrected chi connectivity index (χ0v) is 20.1. The number of hydrogen-bond acceptors (Lipinski definition) is 6. The quantitative estimate of drug-likeness (QED) is 0.249. The molecule has 0 fully saturated rings. The molecule has 38 heavy (non-hydrogen) atoms. The smallest absolute Gasteiger partial charge is 0.363 e. The number of benzene rings is 4. The van der Waals surface area contributed by atoms with Gasteiger partial charge in [0, 0.05) is 11.1 Å². The molecule has 0 saturated heterocycles. The van der Waals surface area contributed by atoms with Crippen molar-refractivity contribution in [3.8, 4) is 11.1 Å². The standard InChI is InChI=1S/C32H20N2O4/c35-31-27(33-29(37-31)25-7-3-1-4-8-25)19-21-11-15-23(16-12-21)24-17-13-22(14-18-24)20-28-32(36)38-30(34-28)26-9-5-2-6-10-26/h1-20H. The van der Waals surface area contributed by atoms with Crippen LogP contribution in [0.15, 0.2) is 131 Å². The molecule has 0 saturated carbocycles. The highest BCUT2D eigenvalue weighted by atomic mass is 16.6. The first kappa shape index (κ1) is 23.1. The minimum Gasteiger partial charge on any atom is -0.402 e. The second-order valence-corrected chi connectivity index (χ2v) is 8.65. The van der Waals surface area contributed by atoms with E-state index in [1.165, 1.54) is 0 Å². The predicted octanol–water partition coefficient (Wildman–Crippen LogP) is 6.04. The highest BCUT2D eigenvalue weighted by Crippen LogP contribution is 2.25. The van der Waals surface area contributed by atoms with Gasteiger partial charge in [0.25, 0.3) is 0 Å². The van der Waals surface area contributed by atoms with Gasteiger partial charge in [0.15, 0.2) is 11.4 Å². The molecule has 0 aliphatic carbocycles. The maximum absolute atomic E-state index is 12.3. The fraction of sp³-hybridized carbons (Fsp3) is 0. The molecule has 0 aromatic heterocycles. The lowest BCUT2D eigenvalue weighted by atomic mass is 10.0. The maximum atomic E-state index is 12.3. The lowest BCUT2D eigenvalue weighted by Crippen LogP contribution is -2.04. The number of esters is 2. The summed E-state index contributed by atoms with van der Waals surface area (Å²) in [7, 11) is 0. The Morgan fingerprint density at radius 2 is 0.816 bits per heavy atom. The van der Waals surface area contributed by atoms with Gasteiger partial charge in [0.1, 0.15) is 0 Å². The van der Waals surface area contributed by atoms with E-state index in [0.29, 0.717) is 11.8 Å². The first-order valence-corrected chi connectivity index (χ1v) is 12.0. The fourth-order valence-electron chi connectivity index (χ4n) is 4.09. The summed E-state index contributed by atoms with van der Waals surface area (Å²) in [6.07, 6.45) is 3.42. The summed E-state index contributed by atoms with van der Waals surface area (Å²) < 4.78 is 10.6. The largest absolute Gasteiger partial charge is 0.402 e. The Hall–Kier alpha value is -5.36. The van der Waals surface area contributed by atoms with Crippen LogP contribution < -0.4 is 0 Å². The lowest BCUT2D eigenvalue weighted by Gasteiger charge is -2.03. The second-order valence-electron chi connectivity index (χ2n) is 8.65. The van der Waals surface area contributed by atoms with E-state index in [1.54, 1.807) is 12.2 Å². The third-order valence-electron chi connectivity index (χ3n) is 6.04. The molecule has 2 aliphatic rings. The summed E-state index contributed by atoms with van der Waals surface area (Å²) in [6, 6.07) is 34.3. The van der Waals surface area contributed by atoms with Crippen LogP contribution in [0.2, 0.25) is 0 Å². The number of carbonyl (C=O) groups excluding carboxylic acids is 2. The fourth-order valence-corrected chi connectivity index (χ4v) is 4.09. The van der Waals surface area contributed by atoms with Crippen molar-refractivity contribution in [1.29, 1.82) is 0 Å². The maximum Gasteiger partial charge on any atom is 0.363 e. The van der Waals surface area contributed by atoms with Gasteiger partial charge in [-0.05, 0) is 58.7 Å². The zero-order valence-electron chi connectivity index (χ0n) is 20.1. The van der Waals surface area contributed by atoms with Gasteiger partial charge >= 0.3 is 11.9 Å². The molecule has 0 radical (unpaired) electrons. The van der Waals surface area contributed by atoms with E-state index in [0.717, 1.165) is 33.4 Å². The summed E-state index contributed by atoms with van der Waals surface area (Å²) in [5, 5.41) is 0. The third-order valence-corrected chi connectivity index (χ3v) is 6.04. The number of rotatable bonds is 5. The Morgan fingerprint density at radius 1 is 0.447 bits per heavy atom. The van der Waals surface area contributed by atoms with Crippen LogP contribution in [0.25, 0.3) is 23.3 Å². The van der Waals surface area contributed by atoms with Crippen molar-refractivity contribution in [1.82, 2.24) is 0 Å². The molecule has 2 heterocycles. The average Bonchev–Trinajstić information content (AvgIpc) is 3.52. The van der Waals surface area contributed by atoms with Crippen LogP contribution in [0.4, 0.5) is 0 Å². The lowest BCUT2D eigenvalue weighted by molar-refractivity contribution is -0.130. The molecule has 6 rings (SSSR count). The topological polar surface area (TPSA) is 77.3 Å². The van der Waals surface area contributed by atoms with Crippen LogP contribution in [0.1, 0.15) is 22.3 Å². The molecule has 4 aromatic carbocycles. The van der Waals surface area contributed by atoms with E-state index in [4.69, 9.17) is 9.47 Å². The van der Waals surface area contributed by atoms with Gasteiger partial charge in [-0.15, -0.1) is 0 Å². The first-order valence-electron chi connectivity index (χ1n) is 12.0. The molecule has 0 N–H and O–H groups in total. The average molecular weight is 497 g/mol. The van der Waals surface area contributed by atoms with E-state index >= 15 is 0 Å². The van der Waals surface area contributed by atoms with Crippen molar-refractivity contribution in [2.75, 3.05) is 0 Å². The van der Waals surface area contributed by atoms with Crippen LogP contribution in [0, 0.1) is 0 Å². The van der Waals surface area contributed by atoms with Crippen LogP contribution in [0.3, 0.4) is 0 Å². The Bertz CT molecular complexity index is 1520. The minimum atomic E-state index is -0.469. The number of hydrogen-bond donors (Lipinski definition) is 0. The van der Waals surface area contributed by atoms with E-state index in [1.807, 2.05) is 109 Å². The molecule has 4 aromatic rings. The van der Waals surface area contributed by atoms with Gasteiger partial charge in [-0.1, -0.05) is 84.9 Å². The number of carbonyl (C=O) groups is 2. The highest BCUT2D eigenvalue weighted by Gasteiger charge is 2.25. The van der Waals surface area contributed by atoms with Crippen molar-refractivity contribution >= 4 is 35.9 Å². The zero-order chi connectivity index (χ0) is 25.9. The van der Waals surface area contributed by atoms with Crippen molar-refractivity contribution < 1.29 is 19.1 Å². The van der Waals surface area contributed by atoms with Crippen LogP contribution in [-0.4, -0.2) is 23.7 Å². The first-order chi connectivity index (χ1) is 18.6. The Kier molecular flexibility index (Phi) is 6.04. The monoisotopic (exact) mass is 496 g/mol.